The molecule has 1 atom stereocenters. The van der Waals surface area contributed by atoms with Gasteiger partial charge in [0.25, 0.3) is 0 Å². The molecule has 3 rings (SSSR count). The van der Waals surface area contributed by atoms with E-state index in [0.717, 1.165) is 29.5 Å². The molecule has 6 nitrogen and oxygen atoms in total. The zero-order valence-electron chi connectivity index (χ0n) is 21.1. The fourth-order valence-electron chi connectivity index (χ4n) is 4.01. The normalized spacial score (nSPS) is 11.6. The lowest BCUT2D eigenvalue weighted by atomic mass is 9.93. The van der Waals surface area contributed by atoms with Gasteiger partial charge in [0.15, 0.2) is 0 Å². The molecule has 0 spiro atoms. The van der Waals surface area contributed by atoms with Crippen molar-refractivity contribution in [2.24, 2.45) is 5.92 Å². The average Bonchev–Trinajstić information content (AvgIpc) is 2.88. The van der Waals surface area contributed by atoms with Crippen LogP contribution in [0.15, 0.2) is 66.7 Å². The molecule has 0 aliphatic carbocycles. The maximum absolute atomic E-state index is 12.3. The number of nitriles is 1. The van der Waals surface area contributed by atoms with Crippen molar-refractivity contribution in [3.05, 3.63) is 94.5 Å². The Hall–Kier alpha value is -3.82. The van der Waals surface area contributed by atoms with E-state index in [1.165, 1.54) is 0 Å². The summed E-state index contributed by atoms with van der Waals surface area (Å²) >= 11 is 0. The van der Waals surface area contributed by atoms with E-state index in [-0.39, 0.29) is 6.61 Å². The number of rotatable bonds is 13. The predicted octanol–water partition coefficient (Wildman–Crippen LogP) is 4.82. The molecule has 0 radical (unpaired) electrons. The number of carbonyl (C=O) groups is 1. The highest BCUT2D eigenvalue weighted by molar-refractivity contribution is 5.79. The van der Waals surface area contributed by atoms with Gasteiger partial charge in [-0.1, -0.05) is 57.2 Å². The van der Waals surface area contributed by atoms with Crippen LogP contribution in [0.1, 0.15) is 54.6 Å². The van der Waals surface area contributed by atoms with Crippen LogP contribution in [0.25, 0.3) is 0 Å². The van der Waals surface area contributed by atoms with Gasteiger partial charge in [-0.05, 0) is 65.8 Å². The third kappa shape index (κ3) is 7.59. The number of hydrogen-bond donors (Lipinski definition) is 1. The Bertz CT molecular complexity index is 1170. The summed E-state index contributed by atoms with van der Waals surface area (Å²) in [6.07, 6.45) is 1.51. The van der Waals surface area contributed by atoms with Crippen molar-refractivity contribution < 1.29 is 19.4 Å². The maximum Gasteiger partial charge on any atom is 0.128 e. The van der Waals surface area contributed by atoms with Gasteiger partial charge in [-0.25, -0.2) is 0 Å². The van der Waals surface area contributed by atoms with E-state index in [9.17, 15) is 9.90 Å². The molecule has 0 aliphatic heterocycles. The summed E-state index contributed by atoms with van der Waals surface area (Å²) in [6.45, 7) is 7.41. The van der Waals surface area contributed by atoms with Crippen LogP contribution >= 0.6 is 0 Å². The highest BCUT2D eigenvalue weighted by Crippen LogP contribution is 2.35. The minimum absolute atomic E-state index is 0.285. The summed E-state index contributed by atoms with van der Waals surface area (Å²) in [7, 11) is 0. The molecule has 0 aromatic heterocycles. The van der Waals surface area contributed by atoms with Crippen molar-refractivity contribution >= 4 is 11.7 Å². The first-order valence-corrected chi connectivity index (χ1v) is 12.3. The Kier molecular flexibility index (Phi) is 9.91. The van der Waals surface area contributed by atoms with Crippen molar-refractivity contribution in [2.45, 2.75) is 46.3 Å². The van der Waals surface area contributed by atoms with Crippen molar-refractivity contribution in [3.8, 4) is 11.8 Å². The lowest BCUT2D eigenvalue weighted by Crippen LogP contribution is -2.35. The SMILES string of the molecule is CCc1cc(CC(C)C)c(OCCOCc2ccccc2)c(C(Nc2ccc(C#N)cc2)C(=O)[O-])c1. The molecule has 188 valence electrons. The summed E-state index contributed by atoms with van der Waals surface area (Å²) in [5.74, 6) is -0.345. The first-order chi connectivity index (χ1) is 17.4. The molecule has 3 aromatic carbocycles. The first-order valence-electron chi connectivity index (χ1n) is 12.3. The van der Waals surface area contributed by atoms with E-state index < -0.39 is 12.0 Å². The summed E-state index contributed by atoms with van der Waals surface area (Å²) < 4.78 is 12.0. The Morgan fingerprint density at radius 1 is 1.03 bits per heavy atom. The molecule has 0 heterocycles. The van der Waals surface area contributed by atoms with Crippen molar-refractivity contribution in [1.82, 2.24) is 0 Å². The Balaban J connectivity index is 1.87. The van der Waals surface area contributed by atoms with E-state index in [1.54, 1.807) is 24.3 Å². The molecule has 3 aromatic rings. The molecule has 6 heteroatoms. The third-order valence-electron chi connectivity index (χ3n) is 5.75. The number of nitrogens with zero attached hydrogens (tertiary/aromatic N) is 1. The van der Waals surface area contributed by atoms with E-state index in [1.807, 2.05) is 43.3 Å². The minimum Gasteiger partial charge on any atom is -0.548 e. The van der Waals surface area contributed by atoms with Crippen LogP contribution in [0.4, 0.5) is 5.69 Å². The molecule has 0 saturated heterocycles. The second-order valence-electron chi connectivity index (χ2n) is 9.10. The van der Waals surface area contributed by atoms with Crippen LogP contribution in [0, 0.1) is 17.2 Å². The highest BCUT2D eigenvalue weighted by Gasteiger charge is 2.22. The second kappa shape index (κ2) is 13.3. The van der Waals surface area contributed by atoms with Crippen LogP contribution in [0.2, 0.25) is 0 Å². The summed E-state index contributed by atoms with van der Waals surface area (Å²) in [4.78, 5) is 12.3. The zero-order chi connectivity index (χ0) is 25.9. The van der Waals surface area contributed by atoms with Crippen LogP contribution in [0.3, 0.4) is 0 Å². The van der Waals surface area contributed by atoms with Crippen molar-refractivity contribution in [2.75, 3.05) is 18.5 Å². The number of ether oxygens (including phenoxy) is 2. The van der Waals surface area contributed by atoms with Crippen molar-refractivity contribution in [1.29, 1.82) is 5.26 Å². The molecular weight excluding hydrogens is 452 g/mol. The lowest BCUT2D eigenvalue weighted by molar-refractivity contribution is -0.307. The molecule has 36 heavy (non-hydrogen) atoms. The van der Waals surface area contributed by atoms with Gasteiger partial charge in [-0.15, -0.1) is 0 Å². The predicted molar refractivity (Wildman–Crippen MR) is 138 cm³/mol. The molecule has 0 fully saturated rings. The molecular formula is C30H33N2O4-. The molecule has 1 unspecified atom stereocenters. The topological polar surface area (TPSA) is 94.4 Å². The zero-order valence-corrected chi connectivity index (χ0v) is 21.1. The minimum atomic E-state index is -1.26. The Labute approximate surface area is 213 Å². The number of nitrogens with one attached hydrogen (secondary N) is 1. The first kappa shape index (κ1) is 26.8. The van der Waals surface area contributed by atoms with Gasteiger partial charge in [0.1, 0.15) is 12.4 Å². The third-order valence-corrected chi connectivity index (χ3v) is 5.75. The largest absolute Gasteiger partial charge is 0.548 e. The molecule has 0 amide bonds. The van der Waals surface area contributed by atoms with Crippen molar-refractivity contribution in [3.63, 3.8) is 0 Å². The lowest BCUT2D eigenvalue weighted by Gasteiger charge is -2.27. The second-order valence-corrected chi connectivity index (χ2v) is 9.10. The van der Waals surface area contributed by atoms with Crippen LogP contribution in [-0.2, 0) is 29.0 Å². The van der Waals surface area contributed by atoms with Gasteiger partial charge < -0.3 is 24.7 Å². The number of hydrogen-bond acceptors (Lipinski definition) is 6. The van der Waals surface area contributed by atoms with E-state index >= 15 is 0 Å². The fourth-order valence-corrected chi connectivity index (χ4v) is 4.01. The van der Waals surface area contributed by atoms with Gasteiger partial charge in [-0.2, -0.15) is 5.26 Å². The van der Waals surface area contributed by atoms with Crippen LogP contribution < -0.4 is 15.2 Å². The number of carboxylic acid groups (broad SMARTS) is 1. The molecule has 1 N–H and O–H groups in total. The number of aliphatic carboxylic acids is 1. The monoisotopic (exact) mass is 485 g/mol. The number of carboxylic acids is 1. The average molecular weight is 486 g/mol. The summed E-state index contributed by atoms with van der Waals surface area (Å²) in [6, 6.07) is 21.5. The standard InChI is InChI=1S/C30H34N2O4/c1-4-22-17-25(16-21(2)3)29(36-15-14-35-20-24-8-6-5-7-9-24)27(18-22)28(30(33)34)32-26-12-10-23(19-31)11-13-26/h5-13,17-18,21,28,32H,4,14-16,20H2,1-3H3,(H,33,34)/p-1. The highest BCUT2D eigenvalue weighted by atomic mass is 16.5. The van der Waals surface area contributed by atoms with E-state index in [0.29, 0.717) is 41.7 Å². The Morgan fingerprint density at radius 3 is 2.36 bits per heavy atom. The maximum atomic E-state index is 12.3. The van der Waals surface area contributed by atoms with Gasteiger partial charge in [0.05, 0.1) is 36.9 Å². The molecule has 0 saturated carbocycles. The van der Waals surface area contributed by atoms with Gasteiger partial charge >= 0.3 is 0 Å². The number of carbonyl (C=O) groups excluding carboxylic acids is 1. The van der Waals surface area contributed by atoms with Crippen LogP contribution in [0.5, 0.6) is 5.75 Å². The Morgan fingerprint density at radius 2 is 1.75 bits per heavy atom. The molecule has 0 bridgehead atoms. The summed E-state index contributed by atoms with van der Waals surface area (Å²) in [5, 5.41) is 24.5. The number of aryl methyl sites for hydroxylation is 1. The van der Waals surface area contributed by atoms with Gasteiger partial charge in [-0.3, -0.25) is 0 Å². The quantitative estimate of drug-likeness (QED) is 0.349. The molecule has 0 aliphatic rings. The summed E-state index contributed by atoms with van der Waals surface area (Å²) in [5.41, 5.74) is 4.67. The fraction of sp³-hybridized carbons (Fsp3) is 0.333. The van der Waals surface area contributed by atoms with Gasteiger partial charge in [0.2, 0.25) is 0 Å². The smallest absolute Gasteiger partial charge is 0.128 e. The number of anilines is 1. The van der Waals surface area contributed by atoms with E-state index in [2.05, 4.69) is 31.3 Å². The van der Waals surface area contributed by atoms with Gasteiger partial charge in [0, 0.05) is 11.3 Å². The van der Waals surface area contributed by atoms with E-state index in [4.69, 9.17) is 14.7 Å². The number of benzene rings is 3. The van der Waals surface area contributed by atoms with Crippen LogP contribution in [-0.4, -0.2) is 19.2 Å².